The van der Waals surface area contributed by atoms with E-state index in [1.807, 2.05) is 6.61 Å². The van der Waals surface area contributed by atoms with Crippen molar-refractivity contribution < 1.29 is 4.74 Å². The molecule has 0 spiro atoms. The van der Waals surface area contributed by atoms with Gasteiger partial charge >= 0.3 is 0 Å². The van der Waals surface area contributed by atoms with Crippen LogP contribution in [0, 0.1) is 13.0 Å². The fourth-order valence-electron chi connectivity index (χ4n) is 0.434. The van der Waals surface area contributed by atoms with Gasteiger partial charge in [-0.3, -0.25) is 0 Å². The Morgan fingerprint density at radius 1 is 1.67 bits per heavy atom. The highest BCUT2D eigenvalue weighted by Crippen LogP contribution is 2.05. The molecule has 0 saturated carbocycles. The van der Waals surface area contributed by atoms with Crippen LogP contribution in [0.1, 0.15) is 12.8 Å². The first-order valence-electron chi connectivity index (χ1n) is 2.14. The third kappa shape index (κ3) is 0.977. The largest absolute Gasteiger partial charge is 0.375 e. The van der Waals surface area contributed by atoms with Crippen molar-refractivity contribution in [3.05, 3.63) is 13.0 Å². The van der Waals surface area contributed by atoms with Gasteiger partial charge in [-0.2, -0.15) is 0 Å². The summed E-state index contributed by atoms with van der Waals surface area (Å²) in [7, 11) is 0. The van der Waals surface area contributed by atoms with Gasteiger partial charge < -0.3 is 4.74 Å². The molecular formula is C5H7O. The molecule has 0 atom stereocenters. The minimum atomic E-state index is 0.694. The molecular weight excluding hydrogens is 76.1 g/mol. The summed E-state index contributed by atoms with van der Waals surface area (Å²) in [5, 5.41) is 0. The maximum atomic E-state index is 4.83. The Bertz CT molecular complexity index is 19.4. The first kappa shape index (κ1) is 4.13. The van der Waals surface area contributed by atoms with Gasteiger partial charge in [-0.25, -0.2) is 0 Å². The minimum Gasteiger partial charge on any atom is -0.375 e. The van der Waals surface area contributed by atoms with Crippen molar-refractivity contribution in [3.8, 4) is 0 Å². The molecule has 6 heavy (non-hydrogen) atoms. The second-order valence-corrected chi connectivity index (χ2v) is 1.27. The predicted octanol–water partition coefficient (Wildman–Crippen LogP) is 1.04. The molecule has 0 aromatic carbocycles. The maximum absolute atomic E-state index is 4.83. The van der Waals surface area contributed by atoms with Gasteiger partial charge in [-0.1, -0.05) is 0 Å². The number of hydrogen-bond donors (Lipinski definition) is 0. The number of rotatable bonds is 0. The lowest BCUT2D eigenvalue weighted by Crippen LogP contribution is -1.98. The standard InChI is InChI=1S/C5H7O/c1-2-4-6-5-3-1/h4H,1-2,5H2. The van der Waals surface area contributed by atoms with Crippen molar-refractivity contribution in [2.75, 3.05) is 6.61 Å². The summed E-state index contributed by atoms with van der Waals surface area (Å²) < 4.78 is 4.83. The zero-order valence-corrected chi connectivity index (χ0v) is 3.61. The van der Waals surface area contributed by atoms with Crippen molar-refractivity contribution in [3.63, 3.8) is 0 Å². The Hall–Kier alpha value is -0.0400. The lowest BCUT2D eigenvalue weighted by molar-refractivity contribution is 0.190. The predicted molar refractivity (Wildman–Crippen MR) is 22.7 cm³/mol. The third-order valence-corrected chi connectivity index (χ3v) is 0.742. The second-order valence-electron chi connectivity index (χ2n) is 1.27. The van der Waals surface area contributed by atoms with E-state index in [0.29, 0.717) is 6.61 Å². The number of hydrogen-bond acceptors (Lipinski definition) is 1. The molecule has 0 bridgehead atoms. The van der Waals surface area contributed by atoms with E-state index in [9.17, 15) is 0 Å². The molecule has 1 saturated heterocycles. The van der Waals surface area contributed by atoms with Crippen LogP contribution in [0.5, 0.6) is 0 Å². The highest BCUT2D eigenvalue weighted by molar-refractivity contribution is 4.72. The SMILES string of the molecule is [C]1CC[CH]OC1. The highest BCUT2D eigenvalue weighted by Gasteiger charge is 1.96. The summed E-state index contributed by atoms with van der Waals surface area (Å²) in [6.07, 6.45) is 5.14. The van der Waals surface area contributed by atoms with Gasteiger partial charge in [0.1, 0.15) is 0 Å². The summed E-state index contributed by atoms with van der Waals surface area (Å²) in [5.41, 5.74) is 0. The average Bonchev–Trinajstić information content (AvgIpc) is 1.72. The number of ether oxygens (including phenoxy) is 1. The lowest BCUT2D eigenvalue weighted by Gasteiger charge is -2.06. The van der Waals surface area contributed by atoms with Gasteiger partial charge in [0.15, 0.2) is 0 Å². The Morgan fingerprint density at radius 3 is 2.83 bits per heavy atom. The van der Waals surface area contributed by atoms with Gasteiger partial charge in [-0.05, 0) is 12.8 Å². The molecule has 0 aromatic heterocycles. The summed E-state index contributed by atoms with van der Waals surface area (Å²) in [6, 6.07) is 0. The summed E-state index contributed by atoms with van der Waals surface area (Å²) in [5.74, 6) is 0. The maximum Gasteiger partial charge on any atom is 0.0837 e. The van der Waals surface area contributed by atoms with E-state index in [0.717, 1.165) is 12.8 Å². The molecule has 0 N–H and O–H groups in total. The van der Waals surface area contributed by atoms with Crippen molar-refractivity contribution in [2.24, 2.45) is 0 Å². The van der Waals surface area contributed by atoms with Gasteiger partial charge in [-0.15, -0.1) is 0 Å². The quantitative estimate of drug-likeness (QED) is 0.425. The molecule has 0 unspecified atom stereocenters. The van der Waals surface area contributed by atoms with Gasteiger partial charge in [0.05, 0.1) is 13.2 Å². The molecule has 1 heteroatoms. The topological polar surface area (TPSA) is 9.23 Å². The molecule has 1 aliphatic heterocycles. The van der Waals surface area contributed by atoms with Crippen LogP contribution in [0.4, 0.5) is 0 Å². The van der Waals surface area contributed by atoms with E-state index < -0.39 is 0 Å². The first-order valence-corrected chi connectivity index (χ1v) is 2.14. The van der Waals surface area contributed by atoms with Crippen LogP contribution >= 0.6 is 0 Å². The van der Waals surface area contributed by atoms with Gasteiger partial charge in [0.2, 0.25) is 0 Å². The first-order chi connectivity index (χ1) is 3.00. The van der Waals surface area contributed by atoms with Crippen LogP contribution in [0.15, 0.2) is 0 Å². The molecule has 0 amide bonds. The zero-order chi connectivity index (χ0) is 4.24. The van der Waals surface area contributed by atoms with Crippen molar-refractivity contribution >= 4 is 0 Å². The molecule has 1 fully saturated rings. The normalized spacial score (nSPS) is 24.0. The highest BCUT2D eigenvalue weighted by atomic mass is 16.5. The van der Waals surface area contributed by atoms with Crippen LogP contribution in [-0.4, -0.2) is 6.61 Å². The molecule has 3 radical (unpaired) electrons. The second kappa shape index (κ2) is 2.19. The minimum absolute atomic E-state index is 0.694. The molecule has 1 rings (SSSR count). The fraction of sp³-hybridized carbons (Fsp3) is 0.600. The van der Waals surface area contributed by atoms with Crippen LogP contribution in [0.2, 0.25) is 0 Å². The molecule has 0 aromatic rings. The van der Waals surface area contributed by atoms with Gasteiger partial charge in [0, 0.05) is 6.42 Å². The van der Waals surface area contributed by atoms with E-state index in [1.54, 1.807) is 0 Å². The molecule has 33 valence electrons. The van der Waals surface area contributed by atoms with Gasteiger partial charge in [0.25, 0.3) is 0 Å². The van der Waals surface area contributed by atoms with Crippen molar-refractivity contribution in [2.45, 2.75) is 12.8 Å². The van der Waals surface area contributed by atoms with E-state index in [1.165, 1.54) is 0 Å². The summed E-state index contributed by atoms with van der Waals surface area (Å²) >= 11 is 0. The van der Waals surface area contributed by atoms with Crippen LogP contribution in [-0.2, 0) is 4.74 Å². The monoisotopic (exact) mass is 83.0 g/mol. The summed E-state index contributed by atoms with van der Waals surface area (Å²) in [6.45, 7) is 2.52. The Balaban J connectivity index is 2.00. The van der Waals surface area contributed by atoms with Crippen molar-refractivity contribution in [1.82, 2.24) is 0 Å². The van der Waals surface area contributed by atoms with E-state index in [4.69, 9.17) is 4.74 Å². The zero-order valence-electron chi connectivity index (χ0n) is 3.61. The van der Waals surface area contributed by atoms with E-state index >= 15 is 0 Å². The Kier molecular flexibility index (Phi) is 1.51. The fourth-order valence-corrected chi connectivity index (χ4v) is 0.434. The average molecular weight is 83.1 g/mol. The molecule has 1 aliphatic rings. The van der Waals surface area contributed by atoms with E-state index in [2.05, 4.69) is 6.42 Å². The van der Waals surface area contributed by atoms with Crippen LogP contribution in [0.25, 0.3) is 0 Å². The molecule has 0 aliphatic carbocycles. The Labute approximate surface area is 38.3 Å². The molecule has 1 nitrogen and oxygen atoms in total. The van der Waals surface area contributed by atoms with E-state index in [-0.39, 0.29) is 0 Å². The van der Waals surface area contributed by atoms with Crippen LogP contribution < -0.4 is 0 Å². The third-order valence-electron chi connectivity index (χ3n) is 0.742. The molecule has 1 heterocycles. The smallest absolute Gasteiger partial charge is 0.0837 e. The Morgan fingerprint density at radius 2 is 2.67 bits per heavy atom. The van der Waals surface area contributed by atoms with Crippen LogP contribution in [0.3, 0.4) is 0 Å². The summed E-state index contributed by atoms with van der Waals surface area (Å²) in [4.78, 5) is 0. The lowest BCUT2D eigenvalue weighted by atomic mass is 10.2. The van der Waals surface area contributed by atoms with Crippen molar-refractivity contribution in [1.29, 1.82) is 0 Å².